The van der Waals surface area contributed by atoms with E-state index in [-0.39, 0.29) is 12.3 Å². The topological polar surface area (TPSA) is 57.6 Å². The van der Waals surface area contributed by atoms with E-state index in [1.165, 1.54) is 0 Å². The zero-order valence-corrected chi connectivity index (χ0v) is 12.0. The molecule has 2 aliphatic rings. The third kappa shape index (κ3) is 2.15. The fourth-order valence-corrected chi connectivity index (χ4v) is 3.76. The molecule has 0 saturated heterocycles. The number of benzene rings is 1. The molecule has 1 amide bonds. The Bertz CT molecular complexity index is 579. The van der Waals surface area contributed by atoms with Gasteiger partial charge in [-0.1, -0.05) is 44.0 Å². The molecular formula is C17H19NO3. The van der Waals surface area contributed by atoms with E-state index >= 15 is 0 Å². The van der Waals surface area contributed by atoms with Crippen molar-refractivity contribution in [3.63, 3.8) is 0 Å². The quantitative estimate of drug-likeness (QED) is 0.927. The number of carbonyl (C=O) groups excluding carboxylic acids is 1. The lowest BCUT2D eigenvalue weighted by molar-refractivity contribution is -0.140. The lowest BCUT2D eigenvalue weighted by atomic mass is 9.77. The van der Waals surface area contributed by atoms with E-state index in [1.54, 1.807) is 11.0 Å². The minimum Gasteiger partial charge on any atom is -0.481 e. The highest BCUT2D eigenvalue weighted by atomic mass is 16.4. The van der Waals surface area contributed by atoms with Gasteiger partial charge in [0, 0.05) is 16.8 Å². The van der Waals surface area contributed by atoms with Gasteiger partial charge in [-0.15, -0.1) is 0 Å². The summed E-state index contributed by atoms with van der Waals surface area (Å²) in [5, 5.41) is 9.31. The zero-order chi connectivity index (χ0) is 15.0. The maximum absolute atomic E-state index is 12.8. The first kappa shape index (κ1) is 13.9. The van der Waals surface area contributed by atoms with Gasteiger partial charge in [-0.25, -0.2) is 0 Å². The molecule has 4 heteroatoms. The third-order valence-corrected chi connectivity index (χ3v) is 4.68. The van der Waals surface area contributed by atoms with E-state index in [1.807, 2.05) is 18.2 Å². The number of hydrogen-bond donors (Lipinski definition) is 1. The van der Waals surface area contributed by atoms with Crippen molar-refractivity contribution in [2.45, 2.75) is 44.1 Å². The van der Waals surface area contributed by atoms with Crippen LogP contribution in [0.4, 0.5) is 0 Å². The molecule has 1 aromatic rings. The molecule has 21 heavy (non-hydrogen) atoms. The second kappa shape index (κ2) is 5.02. The highest BCUT2D eigenvalue weighted by Gasteiger charge is 2.47. The minimum absolute atomic E-state index is 0.00819. The lowest BCUT2D eigenvalue weighted by Crippen LogP contribution is -2.50. The van der Waals surface area contributed by atoms with Gasteiger partial charge in [0.25, 0.3) is 5.91 Å². The number of carboxylic acid groups (broad SMARTS) is 1. The molecule has 1 aliphatic carbocycles. The summed E-state index contributed by atoms with van der Waals surface area (Å²) >= 11 is 0. The first-order valence-electron chi connectivity index (χ1n) is 7.40. The van der Waals surface area contributed by atoms with Crippen LogP contribution in [0.1, 0.15) is 54.4 Å². The van der Waals surface area contributed by atoms with E-state index in [9.17, 15) is 14.7 Å². The van der Waals surface area contributed by atoms with E-state index in [0.717, 1.165) is 37.7 Å². The average Bonchev–Trinajstić information content (AvgIpc) is 2.72. The van der Waals surface area contributed by atoms with Gasteiger partial charge in [0.15, 0.2) is 0 Å². The van der Waals surface area contributed by atoms with Crippen molar-refractivity contribution >= 4 is 17.6 Å². The molecule has 1 heterocycles. The Morgan fingerprint density at radius 2 is 1.81 bits per heavy atom. The van der Waals surface area contributed by atoms with E-state index < -0.39 is 11.5 Å². The Balaban J connectivity index is 2.03. The van der Waals surface area contributed by atoms with Crippen molar-refractivity contribution in [2.75, 3.05) is 0 Å². The molecule has 1 N–H and O–H groups in total. The fourth-order valence-electron chi connectivity index (χ4n) is 3.76. The van der Waals surface area contributed by atoms with Gasteiger partial charge < -0.3 is 10.0 Å². The molecule has 0 unspecified atom stereocenters. The highest BCUT2D eigenvalue weighted by Crippen LogP contribution is 2.45. The molecule has 110 valence electrons. The summed E-state index contributed by atoms with van der Waals surface area (Å²) in [6.45, 7) is 4.07. The predicted molar refractivity (Wildman–Crippen MR) is 79.7 cm³/mol. The van der Waals surface area contributed by atoms with Gasteiger partial charge in [-0.2, -0.15) is 0 Å². The molecule has 0 aromatic heterocycles. The number of rotatable bonds is 3. The van der Waals surface area contributed by atoms with E-state index in [0.29, 0.717) is 11.3 Å². The standard InChI is InChI=1S/C17H19NO3/c1-12-13-7-3-4-8-14(13)16(21)18(12)17(11-15(19)20)9-5-2-6-10-17/h3-4,7-8H,1-2,5-6,9-11H2,(H,19,20). The minimum atomic E-state index is -0.853. The number of carboxylic acids is 1. The third-order valence-electron chi connectivity index (χ3n) is 4.68. The molecule has 0 bridgehead atoms. The van der Waals surface area contributed by atoms with Crippen molar-refractivity contribution in [3.8, 4) is 0 Å². The lowest BCUT2D eigenvalue weighted by Gasteiger charge is -2.44. The van der Waals surface area contributed by atoms with Gasteiger partial charge >= 0.3 is 5.97 Å². The normalized spacial score (nSPS) is 20.5. The summed E-state index contributed by atoms with van der Waals surface area (Å²) < 4.78 is 0. The van der Waals surface area contributed by atoms with Crippen LogP contribution in [0.5, 0.6) is 0 Å². The van der Waals surface area contributed by atoms with Crippen molar-refractivity contribution in [2.24, 2.45) is 0 Å². The van der Waals surface area contributed by atoms with Gasteiger partial charge in [0.05, 0.1) is 12.0 Å². The maximum Gasteiger partial charge on any atom is 0.305 e. The number of nitrogens with zero attached hydrogens (tertiary/aromatic N) is 1. The Hall–Kier alpha value is -2.10. The number of aliphatic carboxylic acids is 1. The average molecular weight is 285 g/mol. The van der Waals surface area contributed by atoms with Gasteiger partial charge in [-0.3, -0.25) is 9.59 Å². The zero-order valence-electron chi connectivity index (χ0n) is 12.0. The molecule has 1 aromatic carbocycles. The predicted octanol–water partition coefficient (Wildman–Crippen LogP) is 3.29. The molecule has 0 radical (unpaired) electrons. The van der Waals surface area contributed by atoms with E-state index in [2.05, 4.69) is 6.58 Å². The molecule has 0 atom stereocenters. The number of carbonyl (C=O) groups is 2. The Morgan fingerprint density at radius 3 is 2.38 bits per heavy atom. The van der Waals surface area contributed by atoms with Crippen LogP contribution in [-0.2, 0) is 4.79 Å². The van der Waals surface area contributed by atoms with Crippen LogP contribution in [0.2, 0.25) is 0 Å². The number of amides is 1. The smallest absolute Gasteiger partial charge is 0.305 e. The van der Waals surface area contributed by atoms with Crippen LogP contribution >= 0.6 is 0 Å². The van der Waals surface area contributed by atoms with E-state index in [4.69, 9.17) is 0 Å². The molecular weight excluding hydrogens is 266 g/mol. The first-order chi connectivity index (χ1) is 10.1. The Labute approximate surface area is 124 Å². The summed E-state index contributed by atoms with van der Waals surface area (Å²) in [6.07, 6.45) is 4.48. The molecule has 0 spiro atoms. The van der Waals surface area contributed by atoms with Crippen LogP contribution < -0.4 is 0 Å². The van der Waals surface area contributed by atoms with Crippen LogP contribution in [0.15, 0.2) is 30.8 Å². The summed E-state index contributed by atoms with van der Waals surface area (Å²) in [7, 11) is 0. The van der Waals surface area contributed by atoms with Gasteiger partial charge in [-0.05, 0) is 18.9 Å². The second-order valence-corrected chi connectivity index (χ2v) is 5.99. The number of hydrogen-bond acceptors (Lipinski definition) is 2. The van der Waals surface area contributed by atoms with Crippen molar-refractivity contribution in [1.82, 2.24) is 4.90 Å². The molecule has 4 nitrogen and oxygen atoms in total. The van der Waals surface area contributed by atoms with Gasteiger partial charge in [0.1, 0.15) is 0 Å². The van der Waals surface area contributed by atoms with Crippen LogP contribution in [-0.4, -0.2) is 27.4 Å². The molecule has 1 saturated carbocycles. The maximum atomic E-state index is 12.8. The highest BCUT2D eigenvalue weighted by molar-refractivity contribution is 6.09. The van der Waals surface area contributed by atoms with Crippen molar-refractivity contribution in [1.29, 1.82) is 0 Å². The SMILES string of the molecule is C=C1c2ccccc2C(=O)N1C1(CC(=O)O)CCCCC1. The Kier molecular flexibility index (Phi) is 3.32. The molecule has 1 aliphatic heterocycles. The van der Waals surface area contributed by atoms with Crippen LogP contribution in [0, 0.1) is 0 Å². The Morgan fingerprint density at radius 1 is 1.19 bits per heavy atom. The first-order valence-corrected chi connectivity index (χ1v) is 7.40. The summed E-state index contributed by atoms with van der Waals surface area (Å²) in [5.41, 5.74) is 1.51. The molecule has 3 rings (SSSR count). The molecule has 1 fully saturated rings. The van der Waals surface area contributed by atoms with Crippen LogP contribution in [0.25, 0.3) is 5.70 Å². The summed E-state index contributed by atoms with van der Waals surface area (Å²) in [6, 6.07) is 7.39. The van der Waals surface area contributed by atoms with Crippen molar-refractivity contribution in [3.05, 3.63) is 42.0 Å². The summed E-state index contributed by atoms with van der Waals surface area (Å²) in [5.74, 6) is -0.952. The van der Waals surface area contributed by atoms with Gasteiger partial charge in [0.2, 0.25) is 0 Å². The fraction of sp³-hybridized carbons (Fsp3) is 0.412. The largest absolute Gasteiger partial charge is 0.481 e. The van der Waals surface area contributed by atoms with Crippen LogP contribution in [0.3, 0.4) is 0 Å². The van der Waals surface area contributed by atoms with Crippen molar-refractivity contribution < 1.29 is 14.7 Å². The monoisotopic (exact) mass is 285 g/mol. The summed E-state index contributed by atoms with van der Waals surface area (Å²) in [4.78, 5) is 25.8. The number of fused-ring (bicyclic) bond motifs is 1. The second-order valence-electron chi connectivity index (χ2n) is 5.99.